The Balaban J connectivity index is 5.03. The van der Waals surface area contributed by atoms with Crippen molar-refractivity contribution < 1.29 is 14.0 Å². The first kappa shape index (κ1) is 15.1. The zero-order valence-electron chi connectivity index (χ0n) is 11.0. The molecule has 0 aliphatic carbocycles. The Morgan fingerprint density at radius 3 is 1.56 bits per heavy atom. The lowest BCUT2D eigenvalue weighted by atomic mass is 10.5. The van der Waals surface area contributed by atoms with Gasteiger partial charge < -0.3 is 13.6 Å². The highest BCUT2D eigenvalue weighted by Gasteiger charge is 2.44. The molecule has 0 rings (SSSR count). The van der Waals surface area contributed by atoms with Gasteiger partial charge in [-0.1, -0.05) is 13.8 Å². The Kier molecular flexibility index (Phi) is 5.67. The van der Waals surface area contributed by atoms with E-state index in [4.69, 9.17) is 4.43 Å². The molecule has 0 saturated heterocycles. The van der Waals surface area contributed by atoms with Crippen molar-refractivity contribution in [3.63, 3.8) is 0 Å². The third-order valence-corrected chi connectivity index (χ3v) is 6.75. The summed E-state index contributed by atoms with van der Waals surface area (Å²) in [6.45, 7) is 5.43. The minimum atomic E-state index is -2.63. The first-order chi connectivity index (χ1) is 7.34. The van der Waals surface area contributed by atoms with Crippen LogP contribution in [0.1, 0.15) is 26.7 Å². The Bertz CT molecular complexity index is 249. The molecule has 0 aromatic carbocycles. The lowest BCUT2D eigenvalue weighted by Gasteiger charge is -2.40. The number of carbonyl (C=O) groups is 2. The molecule has 0 N–H and O–H groups in total. The zero-order valence-corrected chi connectivity index (χ0v) is 12.0. The van der Waals surface area contributed by atoms with Gasteiger partial charge in [-0.15, -0.1) is 0 Å². The lowest BCUT2D eigenvalue weighted by Crippen LogP contribution is -2.65. The van der Waals surface area contributed by atoms with E-state index in [2.05, 4.69) is 0 Å². The smallest absolute Gasteiger partial charge is 0.386 e. The van der Waals surface area contributed by atoms with Gasteiger partial charge in [-0.05, 0) is 6.55 Å². The number of hydrogen-bond donors (Lipinski definition) is 0. The molecule has 0 aromatic heterocycles. The molecule has 0 aliphatic heterocycles. The van der Waals surface area contributed by atoms with Crippen LogP contribution in [0.5, 0.6) is 0 Å². The summed E-state index contributed by atoms with van der Waals surface area (Å²) in [5.41, 5.74) is 0. The molecule has 5 nitrogen and oxygen atoms in total. The van der Waals surface area contributed by atoms with E-state index < -0.39 is 8.64 Å². The Labute approximate surface area is 98.6 Å². The fourth-order valence-electron chi connectivity index (χ4n) is 1.44. The van der Waals surface area contributed by atoms with Crippen molar-refractivity contribution in [2.45, 2.75) is 33.2 Å². The van der Waals surface area contributed by atoms with Gasteiger partial charge in [0.15, 0.2) is 0 Å². The van der Waals surface area contributed by atoms with Crippen LogP contribution in [0.2, 0.25) is 6.55 Å². The van der Waals surface area contributed by atoms with E-state index in [0.717, 1.165) is 0 Å². The lowest BCUT2D eigenvalue weighted by molar-refractivity contribution is -0.129. The molecule has 0 atom stereocenters. The maximum absolute atomic E-state index is 11.7. The summed E-state index contributed by atoms with van der Waals surface area (Å²) < 4.78 is 8.62. The Hall–Kier alpha value is -0.883. The molecular weight excluding hydrogens is 224 g/mol. The maximum Gasteiger partial charge on any atom is 0.419 e. The Morgan fingerprint density at radius 1 is 1.06 bits per heavy atom. The molecule has 6 heteroatoms. The number of nitrogens with zero attached hydrogens (tertiary/aromatic N) is 2. The summed E-state index contributed by atoms with van der Waals surface area (Å²) in [4.78, 5) is 23.4. The normalized spacial score (nSPS) is 11.1. The van der Waals surface area contributed by atoms with Crippen LogP contribution in [0.3, 0.4) is 0 Å². The van der Waals surface area contributed by atoms with E-state index in [0.29, 0.717) is 12.8 Å². The predicted molar refractivity (Wildman–Crippen MR) is 64.7 cm³/mol. The van der Waals surface area contributed by atoms with E-state index in [-0.39, 0.29) is 11.8 Å². The second-order valence-corrected chi connectivity index (χ2v) is 7.37. The number of amides is 2. The minimum Gasteiger partial charge on any atom is -0.386 e. The number of rotatable bonds is 5. The monoisotopic (exact) mass is 246 g/mol. The van der Waals surface area contributed by atoms with Gasteiger partial charge in [-0.2, -0.15) is 0 Å². The average Bonchev–Trinajstić information content (AvgIpc) is 2.33. The van der Waals surface area contributed by atoms with Crippen LogP contribution in [-0.4, -0.2) is 50.8 Å². The molecule has 0 fully saturated rings. The second kappa shape index (κ2) is 6.00. The third-order valence-electron chi connectivity index (χ3n) is 2.98. The van der Waals surface area contributed by atoms with Crippen molar-refractivity contribution in [3.8, 4) is 0 Å². The van der Waals surface area contributed by atoms with Crippen molar-refractivity contribution >= 4 is 20.5 Å². The molecule has 0 spiro atoms. The molecule has 0 radical (unpaired) electrons. The maximum atomic E-state index is 11.7. The van der Waals surface area contributed by atoms with Gasteiger partial charge in [0.25, 0.3) is 0 Å². The van der Waals surface area contributed by atoms with Crippen LogP contribution < -0.4 is 0 Å². The number of carbonyl (C=O) groups excluding carboxylic acids is 2. The molecule has 0 saturated carbocycles. The Morgan fingerprint density at radius 2 is 1.38 bits per heavy atom. The van der Waals surface area contributed by atoms with E-state index >= 15 is 0 Å². The fourth-order valence-corrected chi connectivity index (χ4v) is 3.68. The van der Waals surface area contributed by atoms with E-state index in [1.165, 1.54) is 0 Å². The molecule has 0 aliphatic rings. The zero-order chi connectivity index (χ0) is 12.9. The fraction of sp³-hybridized carbons (Fsp3) is 0.800. The van der Waals surface area contributed by atoms with Crippen LogP contribution in [0, 0.1) is 0 Å². The highest BCUT2D eigenvalue weighted by atomic mass is 28.4. The van der Waals surface area contributed by atoms with Crippen molar-refractivity contribution in [2.24, 2.45) is 0 Å². The summed E-state index contributed by atoms with van der Waals surface area (Å²) in [5.74, 6) is -0.0152. The standard InChI is InChI=1S/C10H22N2O3Si/c1-7-9(13)11(3)16(6,15-5)12(4)10(14)8-2/h7-8H2,1-6H3. The summed E-state index contributed by atoms with van der Waals surface area (Å²) in [5, 5.41) is 0. The van der Waals surface area contributed by atoms with E-state index in [1.807, 2.05) is 6.55 Å². The van der Waals surface area contributed by atoms with Crippen LogP contribution >= 0.6 is 0 Å². The predicted octanol–water partition coefficient (Wildman–Crippen LogP) is 0.938. The van der Waals surface area contributed by atoms with Gasteiger partial charge in [0.2, 0.25) is 11.8 Å². The first-order valence-electron chi connectivity index (χ1n) is 5.43. The van der Waals surface area contributed by atoms with Crippen LogP contribution in [0.15, 0.2) is 0 Å². The molecule has 0 unspecified atom stereocenters. The van der Waals surface area contributed by atoms with Crippen molar-refractivity contribution in [3.05, 3.63) is 0 Å². The summed E-state index contributed by atoms with van der Waals surface area (Å²) in [6.07, 6.45) is 0.827. The quantitative estimate of drug-likeness (QED) is 0.678. The van der Waals surface area contributed by atoms with E-state index in [9.17, 15) is 9.59 Å². The van der Waals surface area contributed by atoms with Crippen LogP contribution in [-0.2, 0) is 14.0 Å². The highest BCUT2D eigenvalue weighted by molar-refractivity contribution is 6.71. The van der Waals surface area contributed by atoms with Gasteiger partial charge in [0.1, 0.15) is 0 Å². The molecule has 0 aromatic rings. The molecule has 2 amide bonds. The van der Waals surface area contributed by atoms with Crippen LogP contribution in [0.25, 0.3) is 0 Å². The second-order valence-electron chi connectivity index (χ2n) is 3.75. The molecular formula is C10H22N2O3Si. The topological polar surface area (TPSA) is 49.9 Å². The summed E-state index contributed by atoms with van der Waals surface area (Å²) >= 11 is 0. The van der Waals surface area contributed by atoms with Gasteiger partial charge >= 0.3 is 8.64 Å². The molecule has 94 valence electrons. The molecule has 0 heterocycles. The first-order valence-corrected chi connectivity index (χ1v) is 7.73. The van der Waals surface area contributed by atoms with Gasteiger partial charge in [0.05, 0.1) is 0 Å². The van der Waals surface area contributed by atoms with Gasteiger partial charge in [0, 0.05) is 34.0 Å². The SMILES string of the molecule is CCC(=O)N(C)[Si](C)(OC)N(C)C(=O)CC. The van der Waals surface area contributed by atoms with Crippen molar-refractivity contribution in [1.29, 1.82) is 0 Å². The number of hydrogen-bond acceptors (Lipinski definition) is 3. The third kappa shape index (κ3) is 2.82. The van der Waals surface area contributed by atoms with Crippen molar-refractivity contribution in [1.82, 2.24) is 9.13 Å². The molecule has 16 heavy (non-hydrogen) atoms. The van der Waals surface area contributed by atoms with Crippen molar-refractivity contribution in [2.75, 3.05) is 21.2 Å². The van der Waals surface area contributed by atoms with Gasteiger partial charge in [-0.25, -0.2) is 0 Å². The highest BCUT2D eigenvalue weighted by Crippen LogP contribution is 2.15. The van der Waals surface area contributed by atoms with Gasteiger partial charge in [-0.3, -0.25) is 9.59 Å². The summed E-state index contributed by atoms with van der Waals surface area (Å²) in [6, 6.07) is 0. The average molecular weight is 246 g/mol. The largest absolute Gasteiger partial charge is 0.419 e. The molecule has 0 bridgehead atoms. The summed E-state index contributed by atoms with van der Waals surface area (Å²) in [7, 11) is 2.31. The minimum absolute atomic E-state index is 0.00762. The van der Waals surface area contributed by atoms with Crippen LogP contribution in [0.4, 0.5) is 0 Å². The van der Waals surface area contributed by atoms with E-state index in [1.54, 1.807) is 44.2 Å².